The van der Waals surface area contributed by atoms with E-state index in [0.29, 0.717) is 31.9 Å². The zero-order valence-electron chi connectivity index (χ0n) is 16.5. The lowest BCUT2D eigenvalue weighted by molar-refractivity contribution is -0.113. The molecule has 0 saturated heterocycles. The first-order chi connectivity index (χ1) is 14.4. The van der Waals surface area contributed by atoms with Crippen molar-refractivity contribution in [3.05, 3.63) is 45.3 Å². The van der Waals surface area contributed by atoms with E-state index in [4.69, 9.17) is 9.72 Å². The minimum Gasteiger partial charge on any atom is -0.497 e. The van der Waals surface area contributed by atoms with Crippen molar-refractivity contribution < 1.29 is 9.53 Å². The summed E-state index contributed by atoms with van der Waals surface area (Å²) in [6, 6.07) is 7.21. The molecule has 0 spiro atoms. The van der Waals surface area contributed by atoms with Crippen molar-refractivity contribution in [1.29, 1.82) is 0 Å². The van der Waals surface area contributed by atoms with Crippen LogP contribution in [0.1, 0.15) is 17.6 Å². The van der Waals surface area contributed by atoms with Gasteiger partial charge >= 0.3 is 0 Å². The van der Waals surface area contributed by atoms with Gasteiger partial charge in [0.05, 0.1) is 29.1 Å². The van der Waals surface area contributed by atoms with Crippen LogP contribution in [-0.4, -0.2) is 43.8 Å². The van der Waals surface area contributed by atoms with E-state index in [2.05, 4.69) is 22.4 Å². The van der Waals surface area contributed by atoms with Gasteiger partial charge in [0.2, 0.25) is 11.0 Å². The number of thioether (sulfide) groups is 2. The molecule has 1 N–H and O–H groups in total. The van der Waals surface area contributed by atoms with Gasteiger partial charge in [0.25, 0.3) is 5.56 Å². The molecule has 30 heavy (non-hydrogen) atoms. The fourth-order valence-electron chi connectivity index (χ4n) is 2.99. The van der Waals surface area contributed by atoms with Crippen LogP contribution in [0.2, 0.25) is 0 Å². The topological polar surface area (TPSA) is 99.0 Å². The number of rotatable bonds is 6. The lowest BCUT2D eigenvalue weighted by atomic mass is 10.2. The Balaban J connectivity index is 1.63. The first-order valence-corrected chi connectivity index (χ1v) is 11.8. The molecule has 0 saturated carbocycles. The second-order valence-electron chi connectivity index (χ2n) is 6.60. The Labute approximate surface area is 185 Å². The predicted molar refractivity (Wildman–Crippen MR) is 119 cm³/mol. The Hall–Kier alpha value is -2.37. The third-order valence-corrected chi connectivity index (χ3v) is 7.22. The molecule has 1 amide bonds. The number of fused-ring (bicyclic) bond motifs is 1. The zero-order valence-corrected chi connectivity index (χ0v) is 19.0. The standard InChI is InChI=1S/C19H19N5O3S3/c1-10-8-14-16(29-10)17(26)24(12-4-6-13(27-3)7-5-12)19(20-14)28-9-15(25)21-18-23-22-11(2)30-18/h4-7,10H,8-9H2,1-3H3,(H,21,23,25). The van der Waals surface area contributed by atoms with E-state index in [-0.39, 0.29) is 17.2 Å². The first kappa shape index (κ1) is 20.9. The maximum absolute atomic E-state index is 13.3. The van der Waals surface area contributed by atoms with E-state index in [1.165, 1.54) is 23.1 Å². The summed E-state index contributed by atoms with van der Waals surface area (Å²) >= 11 is 4.08. The second-order valence-corrected chi connectivity index (χ2v) is 10.2. The van der Waals surface area contributed by atoms with E-state index in [9.17, 15) is 9.59 Å². The van der Waals surface area contributed by atoms with E-state index in [0.717, 1.165) is 17.1 Å². The number of aryl methyl sites for hydroxylation is 1. The minimum absolute atomic E-state index is 0.0999. The Bertz CT molecular complexity index is 1140. The zero-order chi connectivity index (χ0) is 21.3. The van der Waals surface area contributed by atoms with Gasteiger partial charge in [0.15, 0.2) is 5.16 Å². The van der Waals surface area contributed by atoms with Gasteiger partial charge < -0.3 is 4.74 Å². The minimum atomic E-state index is -0.227. The van der Waals surface area contributed by atoms with Crippen LogP contribution in [-0.2, 0) is 11.2 Å². The van der Waals surface area contributed by atoms with E-state index in [1.54, 1.807) is 35.6 Å². The van der Waals surface area contributed by atoms with Gasteiger partial charge in [-0.3, -0.25) is 19.5 Å². The largest absolute Gasteiger partial charge is 0.497 e. The maximum Gasteiger partial charge on any atom is 0.272 e. The predicted octanol–water partition coefficient (Wildman–Crippen LogP) is 3.17. The van der Waals surface area contributed by atoms with Crippen LogP contribution in [0.3, 0.4) is 0 Å². The van der Waals surface area contributed by atoms with E-state index < -0.39 is 0 Å². The van der Waals surface area contributed by atoms with Crippen molar-refractivity contribution in [3.8, 4) is 11.4 Å². The molecule has 1 aliphatic heterocycles. The molecular formula is C19H19N5O3S3. The number of aromatic nitrogens is 4. The smallest absolute Gasteiger partial charge is 0.272 e. The summed E-state index contributed by atoms with van der Waals surface area (Å²) in [6.07, 6.45) is 0.739. The highest BCUT2D eigenvalue weighted by Gasteiger charge is 2.27. The van der Waals surface area contributed by atoms with Crippen molar-refractivity contribution in [2.75, 3.05) is 18.2 Å². The molecule has 1 atom stereocenters. The third kappa shape index (κ3) is 4.37. The van der Waals surface area contributed by atoms with Crippen LogP contribution in [0, 0.1) is 6.92 Å². The van der Waals surface area contributed by atoms with Crippen molar-refractivity contribution >= 4 is 45.9 Å². The van der Waals surface area contributed by atoms with Crippen molar-refractivity contribution in [3.63, 3.8) is 0 Å². The first-order valence-electron chi connectivity index (χ1n) is 9.14. The summed E-state index contributed by atoms with van der Waals surface area (Å²) in [5.74, 6) is 0.572. The Morgan fingerprint density at radius 3 is 2.77 bits per heavy atom. The monoisotopic (exact) mass is 461 g/mol. The normalized spacial score (nSPS) is 15.1. The number of hydrogen-bond acceptors (Lipinski definition) is 9. The molecule has 0 bridgehead atoms. The van der Waals surface area contributed by atoms with Crippen molar-refractivity contribution in [2.24, 2.45) is 0 Å². The fourth-order valence-corrected chi connectivity index (χ4v) is 5.52. The molecule has 4 rings (SSSR count). The van der Waals surface area contributed by atoms with Gasteiger partial charge in [-0.15, -0.1) is 22.0 Å². The second kappa shape index (κ2) is 8.78. The molecule has 0 aliphatic carbocycles. The average molecular weight is 462 g/mol. The average Bonchev–Trinajstić information content (AvgIpc) is 3.31. The number of nitrogens with zero attached hydrogens (tertiary/aromatic N) is 4. The lowest BCUT2D eigenvalue weighted by Crippen LogP contribution is -2.24. The highest BCUT2D eigenvalue weighted by Crippen LogP contribution is 2.35. The molecule has 3 aromatic rings. The maximum atomic E-state index is 13.3. The number of amides is 1. The van der Waals surface area contributed by atoms with Crippen LogP contribution < -0.4 is 15.6 Å². The van der Waals surface area contributed by atoms with Gasteiger partial charge in [0.1, 0.15) is 10.8 Å². The summed E-state index contributed by atoms with van der Waals surface area (Å²) < 4.78 is 6.78. The van der Waals surface area contributed by atoms with Crippen molar-refractivity contribution in [1.82, 2.24) is 19.7 Å². The van der Waals surface area contributed by atoms with Crippen LogP contribution in [0.5, 0.6) is 5.75 Å². The highest BCUT2D eigenvalue weighted by atomic mass is 32.2. The fraction of sp³-hybridized carbons (Fsp3) is 0.316. The van der Waals surface area contributed by atoms with E-state index >= 15 is 0 Å². The van der Waals surface area contributed by atoms with Crippen LogP contribution in [0.25, 0.3) is 5.69 Å². The third-order valence-electron chi connectivity index (χ3n) is 4.32. The van der Waals surface area contributed by atoms with Crippen LogP contribution >= 0.6 is 34.9 Å². The molecule has 11 heteroatoms. The number of ether oxygens (including phenoxy) is 1. The summed E-state index contributed by atoms with van der Waals surface area (Å²) in [6.45, 7) is 3.90. The summed E-state index contributed by atoms with van der Waals surface area (Å²) in [7, 11) is 1.59. The van der Waals surface area contributed by atoms with Gasteiger partial charge in [-0.1, -0.05) is 30.0 Å². The SMILES string of the molecule is COc1ccc(-n2c(SCC(=O)Nc3nnc(C)s3)nc3c(c2=O)SC(C)C3)cc1. The number of anilines is 1. The van der Waals surface area contributed by atoms with Crippen LogP contribution in [0.15, 0.2) is 39.1 Å². The summed E-state index contributed by atoms with van der Waals surface area (Å²) in [5, 5.41) is 12.5. The number of carbonyl (C=O) groups is 1. The summed E-state index contributed by atoms with van der Waals surface area (Å²) in [4.78, 5) is 31.0. The lowest BCUT2D eigenvalue weighted by Gasteiger charge is -2.14. The Kier molecular flexibility index (Phi) is 6.11. The molecule has 1 aliphatic rings. The molecular weight excluding hydrogens is 442 g/mol. The Morgan fingerprint density at radius 2 is 2.10 bits per heavy atom. The van der Waals surface area contributed by atoms with Crippen molar-refractivity contribution in [2.45, 2.75) is 35.6 Å². The van der Waals surface area contributed by atoms with E-state index in [1.807, 2.05) is 19.1 Å². The number of hydrogen-bond donors (Lipinski definition) is 1. The number of carbonyl (C=O) groups excluding carboxylic acids is 1. The highest BCUT2D eigenvalue weighted by molar-refractivity contribution is 8.00. The van der Waals surface area contributed by atoms with Gasteiger partial charge in [-0.2, -0.15) is 0 Å². The molecule has 3 heterocycles. The Morgan fingerprint density at radius 1 is 1.33 bits per heavy atom. The number of nitrogens with one attached hydrogen (secondary N) is 1. The number of methoxy groups -OCH3 is 1. The van der Waals surface area contributed by atoms with Gasteiger partial charge in [-0.05, 0) is 31.2 Å². The molecule has 156 valence electrons. The molecule has 8 nitrogen and oxygen atoms in total. The quantitative estimate of drug-likeness (QED) is 0.441. The molecule has 0 radical (unpaired) electrons. The molecule has 2 aromatic heterocycles. The molecule has 0 fully saturated rings. The van der Waals surface area contributed by atoms with Gasteiger partial charge in [0, 0.05) is 11.7 Å². The number of benzene rings is 1. The summed E-state index contributed by atoms with van der Waals surface area (Å²) in [5.41, 5.74) is 1.37. The van der Waals surface area contributed by atoms with Gasteiger partial charge in [-0.25, -0.2) is 4.98 Å². The molecule has 1 unspecified atom stereocenters. The molecule has 1 aromatic carbocycles. The van der Waals surface area contributed by atoms with Crippen LogP contribution in [0.4, 0.5) is 5.13 Å².